The molecule has 0 unspecified atom stereocenters. The van der Waals surface area contributed by atoms with Crippen molar-refractivity contribution in [1.82, 2.24) is 19.9 Å². The number of fused-ring (bicyclic) bond motifs is 1. The molecule has 0 radical (unpaired) electrons. The number of nitrogens with zero attached hydrogens (tertiary/aromatic N) is 3. The van der Waals surface area contributed by atoms with E-state index in [2.05, 4.69) is 57.6 Å². The van der Waals surface area contributed by atoms with Crippen LogP contribution in [-0.4, -0.2) is 39.5 Å². The third-order valence-electron chi connectivity index (χ3n) is 5.96. The highest BCUT2D eigenvalue weighted by atomic mass is 15.1. The number of hydrogen-bond acceptors (Lipinski definition) is 4. The Labute approximate surface area is 184 Å². The molecule has 3 N–H and O–H groups in total. The summed E-state index contributed by atoms with van der Waals surface area (Å²) in [7, 11) is 0. The predicted octanol–water partition coefficient (Wildman–Crippen LogP) is 5.13. The van der Waals surface area contributed by atoms with Crippen LogP contribution in [0.15, 0.2) is 67.2 Å². The number of pyridine rings is 2. The van der Waals surface area contributed by atoms with Crippen molar-refractivity contribution in [1.29, 1.82) is 0 Å². The van der Waals surface area contributed by atoms with E-state index in [9.17, 15) is 0 Å². The number of aromatic nitrogens is 3. The van der Waals surface area contributed by atoms with Crippen LogP contribution in [0.4, 0.5) is 5.82 Å². The van der Waals surface area contributed by atoms with Crippen molar-refractivity contribution in [2.75, 3.05) is 25.4 Å². The van der Waals surface area contributed by atoms with Gasteiger partial charge in [-0.1, -0.05) is 31.2 Å². The van der Waals surface area contributed by atoms with Crippen LogP contribution in [0, 0.1) is 0 Å². The molecule has 1 fully saturated rings. The smallest absolute Gasteiger partial charge is 0.126 e. The number of H-pyrrole nitrogens is 1. The van der Waals surface area contributed by atoms with E-state index in [1.54, 1.807) is 6.20 Å². The summed E-state index contributed by atoms with van der Waals surface area (Å²) in [6.07, 6.45) is 16.5. The Morgan fingerprint density at radius 2 is 2.06 bits per heavy atom. The minimum atomic E-state index is 0.567. The molecule has 5 nitrogen and oxygen atoms in total. The lowest BCUT2D eigenvalue weighted by Crippen LogP contribution is -2.31. The van der Waals surface area contributed by atoms with Crippen molar-refractivity contribution in [2.45, 2.75) is 32.6 Å². The number of hydrogen-bond donors (Lipinski definition) is 2. The van der Waals surface area contributed by atoms with E-state index in [1.165, 1.54) is 37.9 Å². The van der Waals surface area contributed by atoms with E-state index in [1.807, 2.05) is 24.5 Å². The fraction of sp³-hybridized carbons (Fsp3) is 0.308. The number of nitrogens with one attached hydrogen (secondary N) is 1. The maximum Gasteiger partial charge on any atom is 0.126 e. The van der Waals surface area contributed by atoms with Crippen molar-refractivity contribution >= 4 is 22.3 Å². The zero-order valence-corrected chi connectivity index (χ0v) is 18.3. The van der Waals surface area contributed by atoms with Crippen LogP contribution < -0.4 is 5.73 Å². The van der Waals surface area contributed by atoms with Gasteiger partial charge in [0.05, 0.1) is 0 Å². The summed E-state index contributed by atoms with van der Waals surface area (Å²) in [4.78, 5) is 14.7. The normalized spacial score (nSPS) is 16.0. The van der Waals surface area contributed by atoms with Gasteiger partial charge in [0.2, 0.25) is 0 Å². The Balaban J connectivity index is 1.56. The second-order valence-electron chi connectivity index (χ2n) is 8.21. The highest BCUT2D eigenvalue weighted by molar-refractivity contribution is 5.79. The first-order valence-electron chi connectivity index (χ1n) is 11.0. The fourth-order valence-corrected chi connectivity index (χ4v) is 4.23. The lowest BCUT2D eigenvalue weighted by molar-refractivity contribution is 0.248. The minimum absolute atomic E-state index is 0.567. The molecule has 1 aliphatic heterocycles. The molecule has 0 aromatic carbocycles. The molecule has 4 rings (SSSR count). The Kier molecular flexibility index (Phi) is 6.63. The lowest BCUT2D eigenvalue weighted by atomic mass is 10.00. The van der Waals surface area contributed by atoms with Gasteiger partial charge < -0.3 is 10.7 Å². The summed E-state index contributed by atoms with van der Waals surface area (Å²) in [5.41, 5.74) is 12.9. The van der Waals surface area contributed by atoms with Gasteiger partial charge in [-0.25, -0.2) is 4.98 Å². The van der Waals surface area contributed by atoms with Crippen LogP contribution in [0.5, 0.6) is 0 Å². The van der Waals surface area contributed by atoms with E-state index in [0.717, 1.165) is 39.8 Å². The molecule has 0 atom stereocenters. The van der Waals surface area contributed by atoms with Gasteiger partial charge in [-0.3, -0.25) is 9.88 Å². The number of nitrogen functional groups attached to an aromatic ring is 1. The molecule has 0 aliphatic carbocycles. The summed E-state index contributed by atoms with van der Waals surface area (Å²) < 4.78 is 0. The first kappa shape index (κ1) is 21.1. The molecule has 0 bridgehead atoms. The second kappa shape index (κ2) is 9.75. The van der Waals surface area contributed by atoms with Gasteiger partial charge in [-0.2, -0.15) is 0 Å². The highest BCUT2D eigenvalue weighted by Crippen LogP contribution is 2.24. The van der Waals surface area contributed by atoms with E-state index in [4.69, 9.17) is 5.73 Å². The van der Waals surface area contributed by atoms with Gasteiger partial charge in [0.1, 0.15) is 5.82 Å². The van der Waals surface area contributed by atoms with Gasteiger partial charge in [0.25, 0.3) is 0 Å². The summed E-state index contributed by atoms with van der Waals surface area (Å²) in [5, 5.41) is 1.10. The molecule has 0 spiro atoms. The number of rotatable bonds is 7. The van der Waals surface area contributed by atoms with Crippen molar-refractivity contribution in [2.24, 2.45) is 0 Å². The van der Waals surface area contributed by atoms with E-state index in [-0.39, 0.29) is 0 Å². The third kappa shape index (κ3) is 5.12. The van der Waals surface area contributed by atoms with E-state index in [0.29, 0.717) is 12.2 Å². The molecular formula is C26H31N5. The topological polar surface area (TPSA) is 70.8 Å². The monoisotopic (exact) mass is 413 g/mol. The maximum absolute atomic E-state index is 6.23. The maximum atomic E-state index is 6.23. The van der Waals surface area contributed by atoms with Gasteiger partial charge >= 0.3 is 0 Å². The molecule has 1 aliphatic rings. The Bertz CT molecular complexity index is 1080. The molecule has 1 saturated heterocycles. The van der Waals surface area contributed by atoms with Crippen LogP contribution in [0.3, 0.4) is 0 Å². The molecule has 3 aromatic rings. The molecule has 31 heavy (non-hydrogen) atoms. The average molecular weight is 414 g/mol. The molecule has 4 heterocycles. The standard InChI is InChI=1S/C26H31N5/c1-3-19(18-31-10-6-5-7-11-31)12-20(4-2)22-13-21(26(27)29-17-22)14-24-15-23-16-28-9-8-25(23)30-24/h3-4,8-9,12-13,15-17,30H,1,5-7,10-11,14,18H2,2H3,(H2,27,29)/b19-12+,20-4+. The van der Waals surface area contributed by atoms with Gasteiger partial charge in [-0.15, -0.1) is 0 Å². The summed E-state index contributed by atoms with van der Waals surface area (Å²) in [6, 6.07) is 6.26. The fourth-order valence-electron chi connectivity index (χ4n) is 4.23. The minimum Gasteiger partial charge on any atom is -0.383 e. The molecule has 0 saturated carbocycles. The van der Waals surface area contributed by atoms with Crippen molar-refractivity contribution in [3.63, 3.8) is 0 Å². The number of aromatic amines is 1. The number of likely N-dealkylation sites (tertiary alicyclic amines) is 1. The van der Waals surface area contributed by atoms with Crippen molar-refractivity contribution < 1.29 is 0 Å². The van der Waals surface area contributed by atoms with Crippen LogP contribution in [-0.2, 0) is 6.42 Å². The van der Waals surface area contributed by atoms with E-state index >= 15 is 0 Å². The average Bonchev–Trinajstić information content (AvgIpc) is 3.21. The Morgan fingerprint density at radius 1 is 1.23 bits per heavy atom. The summed E-state index contributed by atoms with van der Waals surface area (Å²) in [5.74, 6) is 0.567. The van der Waals surface area contributed by atoms with E-state index < -0.39 is 0 Å². The number of nitrogens with two attached hydrogens (primary N) is 1. The molecule has 3 aromatic heterocycles. The zero-order valence-electron chi connectivity index (χ0n) is 18.3. The molecular weight excluding hydrogens is 382 g/mol. The Morgan fingerprint density at radius 3 is 2.81 bits per heavy atom. The number of anilines is 1. The molecule has 0 amide bonds. The lowest BCUT2D eigenvalue weighted by Gasteiger charge is -2.26. The van der Waals surface area contributed by atoms with Crippen LogP contribution in [0.1, 0.15) is 43.0 Å². The summed E-state index contributed by atoms with van der Waals surface area (Å²) >= 11 is 0. The van der Waals surface area contributed by atoms with Gasteiger partial charge in [-0.05, 0) is 62.2 Å². The highest BCUT2D eigenvalue weighted by Gasteiger charge is 2.12. The molecule has 5 heteroatoms. The number of allylic oxidation sites excluding steroid dienone is 3. The predicted molar refractivity (Wildman–Crippen MR) is 130 cm³/mol. The summed E-state index contributed by atoms with van der Waals surface area (Å²) in [6.45, 7) is 9.40. The van der Waals surface area contributed by atoms with Crippen molar-refractivity contribution in [3.8, 4) is 0 Å². The zero-order chi connectivity index (χ0) is 21.6. The largest absolute Gasteiger partial charge is 0.383 e. The quantitative estimate of drug-likeness (QED) is 0.527. The molecule has 160 valence electrons. The SMILES string of the molecule is C=C/C(=C\C(=C/C)c1cnc(N)c(Cc2cc3cnccc3[nH]2)c1)CN1CCCCC1. The first-order chi connectivity index (χ1) is 15.2. The number of piperidine rings is 1. The second-order valence-corrected chi connectivity index (χ2v) is 8.21. The Hall–Kier alpha value is -3.18. The van der Waals surface area contributed by atoms with Gasteiger partial charge in [0.15, 0.2) is 0 Å². The van der Waals surface area contributed by atoms with Gasteiger partial charge in [0, 0.05) is 59.3 Å². The third-order valence-corrected chi connectivity index (χ3v) is 5.96. The van der Waals surface area contributed by atoms with Crippen molar-refractivity contribution in [3.05, 3.63) is 84.0 Å². The van der Waals surface area contributed by atoms with Crippen LogP contribution >= 0.6 is 0 Å². The van der Waals surface area contributed by atoms with Crippen LogP contribution in [0.25, 0.3) is 16.5 Å². The van der Waals surface area contributed by atoms with Crippen LogP contribution in [0.2, 0.25) is 0 Å². The first-order valence-corrected chi connectivity index (χ1v) is 11.0.